The topological polar surface area (TPSA) is 50.8 Å². The molecule has 1 N–H and O–H groups in total. The zero-order chi connectivity index (χ0) is 16.1. The largest absolute Gasteiger partial charge is 0.351 e. The normalized spacial score (nSPS) is 23.1. The molecular weight excluding hydrogens is 316 g/mol. The minimum atomic E-state index is -0.181. The minimum Gasteiger partial charge on any atom is -0.351 e. The number of benzene rings is 1. The summed E-state index contributed by atoms with van der Waals surface area (Å²) in [6.45, 7) is 3.13. The fraction of sp³-hybridized carbons (Fsp3) is 0.588. The first kappa shape index (κ1) is 16.7. The van der Waals surface area contributed by atoms with E-state index in [9.17, 15) is 4.79 Å². The van der Waals surface area contributed by atoms with Crippen molar-refractivity contribution in [1.82, 2.24) is 10.2 Å². The lowest BCUT2D eigenvalue weighted by atomic mass is 10.0. The van der Waals surface area contributed by atoms with E-state index < -0.39 is 0 Å². The third kappa shape index (κ3) is 4.67. The van der Waals surface area contributed by atoms with E-state index in [4.69, 9.17) is 21.1 Å². The molecule has 5 nitrogen and oxygen atoms in total. The molecule has 1 aromatic carbocycles. The Labute approximate surface area is 141 Å². The molecule has 0 aromatic heterocycles. The van der Waals surface area contributed by atoms with Gasteiger partial charge in [-0.1, -0.05) is 30.2 Å². The highest BCUT2D eigenvalue weighted by Crippen LogP contribution is 2.24. The quantitative estimate of drug-likeness (QED) is 0.894. The van der Waals surface area contributed by atoms with E-state index in [2.05, 4.69) is 10.2 Å². The van der Waals surface area contributed by atoms with Crippen LogP contribution in [0.4, 0.5) is 0 Å². The first-order chi connectivity index (χ1) is 11.2. The van der Waals surface area contributed by atoms with Crippen LogP contribution in [0.1, 0.15) is 24.8 Å². The number of ether oxygens (including phenoxy) is 2. The summed E-state index contributed by atoms with van der Waals surface area (Å²) in [7, 11) is 0. The van der Waals surface area contributed by atoms with Crippen molar-refractivity contribution < 1.29 is 14.3 Å². The zero-order valence-corrected chi connectivity index (χ0v) is 13.9. The number of amides is 1. The van der Waals surface area contributed by atoms with Crippen molar-refractivity contribution in [2.24, 2.45) is 0 Å². The van der Waals surface area contributed by atoms with Crippen LogP contribution in [0.2, 0.25) is 5.02 Å². The number of hydrogen-bond acceptors (Lipinski definition) is 4. The van der Waals surface area contributed by atoms with Gasteiger partial charge in [0, 0.05) is 11.6 Å². The second-order valence-corrected chi connectivity index (χ2v) is 6.48. The predicted molar refractivity (Wildman–Crippen MR) is 88.2 cm³/mol. The van der Waals surface area contributed by atoms with Crippen LogP contribution < -0.4 is 5.32 Å². The lowest BCUT2D eigenvalue weighted by Crippen LogP contribution is -2.50. The molecule has 1 aromatic rings. The van der Waals surface area contributed by atoms with E-state index in [0.29, 0.717) is 31.3 Å². The molecule has 0 spiro atoms. The van der Waals surface area contributed by atoms with E-state index in [0.717, 1.165) is 31.4 Å². The number of carbonyl (C=O) groups is 1. The van der Waals surface area contributed by atoms with Crippen LogP contribution in [-0.2, 0) is 20.8 Å². The van der Waals surface area contributed by atoms with E-state index >= 15 is 0 Å². The summed E-state index contributed by atoms with van der Waals surface area (Å²) < 4.78 is 11.3. The standard InChI is InChI=1S/C17H23ClN2O3/c18-14-6-4-13(5-7-14)11-19-16(21)12-20-8-2-1-3-15(20)17-22-9-10-23-17/h4-7,15,17H,1-3,8-12H2,(H,19,21)/t15-/m0/s1. The van der Waals surface area contributed by atoms with E-state index in [1.54, 1.807) is 0 Å². The number of hydrogen-bond donors (Lipinski definition) is 1. The van der Waals surface area contributed by atoms with Gasteiger partial charge in [-0.25, -0.2) is 0 Å². The predicted octanol–water partition coefficient (Wildman–Crippen LogP) is 2.18. The van der Waals surface area contributed by atoms with Crippen LogP contribution in [-0.4, -0.2) is 49.4 Å². The molecule has 23 heavy (non-hydrogen) atoms. The first-order valence-electron chi connectivity index (χ1n) is 8.21. The second kappa shape index (κ2) is 8.11. The molecule has 2 aliphatic heterocycles. The van der Waals surface area contributed by atoms with Crippen LogP contribution in [0, 0.1) is 0 Å². The summed E-state index contributed by atoms with van der Waals surface area (Å²) >= 11 is 5.86. The lowest BCUT2D eigenvalue weighted by molar-refractivity contribution is -0.131. The summed E-state index contributed by atoms with van der Waals surface area (Å²) in [5.74, 6) is 0.0323. The Balaban J connectivity index is 1.50. The van der Waals surface area contributed by atoms with Crippen molar-refractivity contribution in [3.63, 3.8) is 0 Å². The van der Waals surface area contributed by atoms with Crippen LogP contribution in [0.5, 0.6) is 0 Å². The van der Waals surface area contributed by atoms with Gasteiger partial charge in [0.05, 0.1) is 25.8 Å². The van der Waals surface area contributed by atoms with Gasteiger partial charge in [0.1, 0.15) is 0 Å². The maximum absolute atomic E-state index is 12.3. The van der Waals surface area contributed by atoms with Gasteiger partial charge >= 0.3 is 0 Å². The number of rotatable bonds is 5. The van der Waals surface area contributed by atoms with E-state index in [1.165, 1.54) is 0 Å². The average Bonchev–Trinajstić information content (AvgIpc) is 3.09. The molecule has 0 unspecified atom stereocenters. The Hall–Kier alpha value is -1.14. The van der Waals surface area contributed by atoms with Gasteiger partial charge in [-0.15, -0.1) is 0 Å². The van der Waals surface area contributed by atoms with Gasteiger partial charge < -0.3 is 14.8 Å². The number of nitrogens with zero attached hydrogens (tertiary/aromatic N) is 1. The van der Waals surface area contributed by atoms with Crippen molar-refractivity contribution in [2.75, 3.05) is 26.3 Å². The van der Waals surface area contributed by atoms with Gasteiger partial charge in [0.2, 0.25) is 5.91 Å². The van der Waals surface area contributed by atoms with Crippen molar-refractivity contribution in [3.05, 3.63) is 34.9 Å². The van der Waals surface area contributed by atoms with Gasteiger partial charge in [0.15, 0.2) is 6.29 Å². The molecule has 0 radical (unpaired) electrons. The molecule has 1 atom stereocenters. The molecule has 1 amide bonds. The number of likely N-dealkylation sites (tertiary alicyclic amines) is 1. The second-order valence-electron chi connectivity index (χ2n) is 6.05. The van der Waals surface area contributed by atoms with Crippen LogP contribution >= 0.6 is 11.6 Å². The van der Waals surface area contributed by atoms with E-state index in [1.807, 2.05) is 24.3 Å². The maximum atomic E-state index is 12.3. The molecule has 2 heterocycles. The molecule has 0 saturated carbocycles. The fourth-order valence-electron chi connectivity index (χ4n) is 3.16. The SMILES string of the molecule is O=C(CN1CCCC[C@H]1C1OCCO1)NCc1ccc(Cl)cc1. The highest BCUT2D eigenvalue weighted by molar-refractivity contribution is 6.30. The molecule has 0 bridgehead atoms. The van der Waals surface area contributed by atoms with Gasteiger partial charge in [-0.2, -0.15) is 0 Å². The molecule has 0 aliphatic carbocycles. The third-order valence-corrected chi connectivity index (χ3v) is 4.63. The van der Waals surface area contributed by atoms with Crippen LogP contribution in [0.3, 0.4) is 0 Å². The van der Waals surface area contributed by atoms with Gasteiger partial charge in [-0.05, 0) is 37.1 Å². The Morgan fingerprint density at radius 1 is 1.22 bits per heavy atom. The van der Waals surface area contributed by atoms with Gasteiger partial charge in [0.25, 0.3) is 0 Å². The van der Waals surface area contributed by atoms with Crippen molar-refractivity contribution in [2.45, 2.75) is 38.1 Å². The number of piperidine rings is 1. The molecule has 2 fully saturated rings. The number of halogens is 1. The van der Waals surface area contributed by atoms with Crippen molar-refractivity contribution in [3.8, 4) is 0 Å². The number of nitrogens with one attached hydrogen (secondary N) is 1. The number of carbonyl (C=O) groups excluding carboxylic acids is 1. The van der Waals surface area contributed by atoms with Crippen LogP contribution in [0.25, 0.3) is 0 Å². The average molecular weight is 339 g/mol. The molecule has 3 rings (SSSR count). The smallest absolute Gasteiger partial charge is 0.234 e. The maximum Gasteiger partial charge on any atom is 0.234 e. The summed E-state index contributed by atoms with van der Waals surface area (Å²) in [5.41, 5.74) is 1.04. The summed E-state index contributed by atoms with van der Waals surface area (Å²) in [4.78, 5) is 14.4. The van der Waals surface area contributed by atoms with Crippen molar-refractivity contribution >= 4 is 17.5 Å². The molecule has 6 heteroatoms. The Morgan fingerprint density at radius 2 is 1.96 bits per heavy atom. The van der Waals surface area contributed by atoms with Crippen LogP contribution in [0.15, 0.2) is 24.3 Å². The van der Waals surface area contributed by atoms with Gasteiger partial charge in [-0.3, -0.25) is 9.69 Å². The fourth-order valence-corrected chi connectivity index (χ4v) is 3.29. The summed E-state index contributed by atoms with van der Waals surface area (Å²) in [6, 6.07) is 7.70. The zero-order valence-electron chi connectivity index (χ0n) is 13.2. The molecule has 2 saturated heterocycles. The van der Waals surface area contributed by atoms with Crippen molar-refractivity contribution in [1.29, 1.82) is 0 Å². The highest BCUT2D eigenvalue weighted by atomic mass is 35.5. The summed E-state index contributed by atoms with van der Waals surface area (Å²) in [6.07, 6.45) is 3.12. The Kier molecular flexibility index (Phi) is 5.89. The molecule has 126 valence electrons. The molecular formula is C17H23ClN2O3. The third-order valence-electron chi connectivity index (χ3n) is 4.38. The summed E-state index contributed by atoms with van der Waals surface area (Å²) in [5, 5.41) is 3.67. The minimum absolute atomic E-state index is 0.0323. The van der Waals surface area contributed by atoms with E-state index in [-0.39, 0.29) is 18.2 Å². The highest BCUT2D eigenvalue weighted by Gasteiger charge is 2.34. The Bertz CT molecular complexity index is 517. The Morgan fingerprint density at radius 3 is 2.70 bits per heavy atom. The monoisotopic (exact) mass is 338 g/mol. The lowest BCUT2D eigenvalue weighted by Gasteiger charge is -2.37. The molecule has 2 aliphatic rings. The first-order valence-corrected chi connectivity index (χ1v) is 8.58.